The van der Waals surface area contributed by atoms with Gasteiger partial charge in [0.2, 0.25) is 0 Å². The Morgan fingerprint density at radius 3 is 2.72 bits per heavy atom. The lowest BCUT2D eigenvalue weighted by atomic mass is 10.1. The Hall–Kier alpha value is -2.59. The molecule has 2 heterocycles. The predicted molar refractivity (Wildman–Crippen MR) is 98.8 cm³/mol. The van der Waals surface area contributed by atoms with Gasteiger partial charge in [0.1, 0.15) is 0 Å². The van der Waals surface area contributed by atoms with Crippen LogP contribution in [0.1, 0.15) is 28.8 Å². The molecule has 0 unspecified atom stereocenters. The lowest BCUT2D eigenvalue weighted by molar-refractivity contribution is 0.0859. The number of fused-ring (bicyclic) bond motifs is 1. The van der Waals surface area contributed by atoms with Crippen LogP contribution in [0.5, 0.6) is 0 Å². The van der Waals surface area contributed by atoms with Crippen molar-refractivity contribution in [2.45, 2.75) is 25.5 Å². The van der Waals surface area contributed by atoms with E-state index in [1.807, 2.05) is 42.6 Å². The number of ether oxygens (including phenoxy) is 1. The number of benzene rings is 2. The number of carbonyl (C=O) groups excluding carboxylic acids is 1. The highest BCUT2D eigenvalue weighted by Gasteiger charge is 2.19. The highest BCUT2D eigenvalue weighted by Crippen LogP contribution is 2.22. The van der Waals surface area contributed by atoms with Crippen molar-refractivity contribution in [1.82, 2.24) is 9.88 Å². The van der Waals surface area contributed by atoms with Gasteiger partial charge in [0, 0.05) is 36.8 Å². The lowest BCUT2D eigenvalue weighted by Gasteiger charge is -2.10. The van der Waals surface area contributed by atoms with Crippen LogP contribution in [0.3, 0.4) is 0 Å². The van der Waals surface area contributed by atoms with Crippen LogP contribution < -0.4 is 5.32 Å². The van der Waals surface area contributed by atoms with E-state index < -0.39 is 0 Å². The van der Waals surface area contributed by atoms with E-state index in [4.69, 9.17) is 4.74 Å². The van der Waals surface area contributed by atoms with Gasteiger partial charge >= 0.3 is 0 Å². The van der Waals surface area contributed by atoms with Crippen LogP contribution in [0, 0.1) is 0 Å². The molecule has 2 aromatic carbocycles. The number of amides is 1. The van der Waals surface area contributed by atoms with Gasteiger partial charge in [-0.2, -0.15) is 0 Å². The van der Waals surface area contributed by atoms with Gasteiger partial charge in [-0.25, -0.2) is 0 Å². The van der Waals surface area contributed by atoms with Gasteiger partial charge in [0.15, 0.2) is 0 Å². The topological polar surface area (TPSA) is 43.3 Å². The average Bonchev–Trinajstić information content (AvgIpc) is 3.29. The number of nitrogens with zero attached hydrogens (tertiary/aromatic N) is 1. The van der Waals surface area contributed by atoms with Crippen molar-refractivity contribution in [3.63, 3.8) is 0 Å². The molecule has 1 aliphatic heterocycles. The summed E-state index contributed by atoms with van der Waals surface area (Å²) in [5.41, 5.74) is 3.02. The molecule has 1 atom stereocenters. The van der Waals surface area contributed by atoms with Crippen LogP contribution in [0.15, 0.2) is 60.8 Å². The predicted octanol–water partition coefficient (Wildman–Crippen LogP) is 3.60. The Morgan fingerprint density at radius 2 is 1.92 bits per heavy atom. The van der Waals surface area contributed by atoms with E-state index in [1.54, 1.807) is 0 Å². The zero-order valence-corrected chi connectivity index (χ0v) is 14.2. The van der Waals surface area contributed by atoms with Crippen LogP contribution in [0.4, 0.5) is 0 Å². The van der Waals surface area contributed by atoms with Crippen molar-refractivity contribution >= 4 is 16.8 Å². The van der Waals surface area contributed by atoms with E-state index in [2.05, 4.69) is 28.1 Å². The number of carbonyl (C=O) groups is 1. The van der Waals surface area contributed by atoms with Crippen LogP contribution in [0.25, 0.3) is 10.9 Å². The summed E-state index contributed by atoms with van der Waals surface area (Å²) in [6, 6.07) is 18.4. The molecule has 1 amide bonds. The first-order valence-corrected chi connectivity index (χ1v) is 8.83. The highest BCUT2D eigenvalue weighted by atomic mass is 16.5. The van der Waals surface area contributed by atoms with Gasteiger partial charge in [-0.3, -0.25) is 4.79 Å². The van der Waals surface area contributed by atoms with Gasteiger partial charge in [-0.15, -0.1) is 0 Å². The molecule has 128 valence electrons. The number of rotatable bonds is 5. The minimum absolute atomic E-state index is 0.0292. The standard InChI is InChI=1S/C21H22N2O2/c24-21(22-13-17-9-6-12-25-17)19-15-23(14-16-7-2-1-3-8-16)20-11-5-4-10-18(19)20/h1-5,7-8,10-11,15,17H,6,9,12-14H2,(H,22,24)/t17-/m0/s1. The zero-order valence-electron chi connectivity index (χ0n) is 14.2. The Kier molecular flexibility index (Phi) is 4.53. The molecule has 0 saturated carbocycles. The Balaban J connectivity index is 1.59. The minimum Gasteiger partial charge on any atom is -0.376 e. The average molecular weight is 334 g/mol. The second kappa shape index (κ2) is 7.11. The smallest absolute Gasteiger partial charge is 0.253 e. The number of hydrogen-bond donors (Lipinski definition) is 1. The van der Waals surface area contributed by atoms with Crippen molar-refractivity contribution < 1.29 is 9.53 Å². The molecule has 0 spiro atoms. The van der Waals surface area contributed by atoms with E-state index in [0.717, 1.165) is 42.5 Å². The molecule has 0 radical (unpaired) electrons. The number of nitrogens with one attached hydrogen (secondary N) is 1. The fourth-order valence-corrected chi connectivity index (χ4v) is 3.45. The molecule has 25 heavy (non-hydrogen) atoms. The van der Waals surface area contributed by atoms with Crippen molar-refractivity contribution in [3.8, 4) is 0 Å². The number of aromatic nitrogens is 1. The molecule has 0 aliphatic carbocycles. The maximum Gasteiger partial charge on any atom is 0.253 e. The monoisotopic (exact) mass is 334 g/mol. The molecule has 0 bridgehead atoms. The summed E-state index contributed by atoms with van der Waals surface area (Å²) in [5, 5.41) is 4.02. The fourth-order valence-electron chi connectivity index (χ4n) is 3.45. The number of para-hydroxylation sites is 1. The molecule has 3 aromatic rings. The zero-order chi connectivity index (χ0) is 17.1. The first-order chi connectivity index (χ1) is 12.3. The van der Waals surface area contributed by atoms with E-state index in [9.17, 15) is 4.79 Å². The quantitative estimate of drug-likeness (QED) is 0.775. The Bertz CT molecular complexity index is 864. The summed E-state index contributed by atoms with van der Waals surface area (Å²) in [6.45, 7) is 2.13. The van der Waals surface area contributed by atoms with Crippen LogP contribution in [-0.4, -0.2) is 29.7 Å². The second-order valence-corrected chi connectivity index (χ2v) is 6.52. The molecule has 4 heteroatoms. The van der Waals surface area contributed by atoms with Gasteiger partial charge < -0.3 is 14.6 Å². The molecule has 4 rings (SSSR count). The van der Waals surface area contributed by atoms with E-state index in [-0.39, 0.29) is 12.0 Å². The summed E-state index contributed by atoms with van der Waals surface area (Å²) < 4.78 is 7.74. The summed E-state index contributed by atoms with van der Waals surface area (Å²) in [7, 11) is 0. The van der Waals surface area contributed by atoms with Crippen molar-refractivity contribution in [2.75, 3.05) is 13.2 Å². The first-order valence-electron chi connectivity index (χ1n) is 8.83. The van der Waals surface area contributed by atoms with Gasteiger partial charge in [-0.1, -0.05) is 48.5 Å². The van der Waals surface area contributed by atoms with Crippen LogP contribution in [0.2, 0.25) is 0 Å². The normalized spacial score (nSPS) is 17.0. The molecule has 1 N–H and O–H groups in total. The molecule has 1 fully saturated rings. The number of hydrogen-bond acceptors (Lipinski definition) is 2. The molecular formula is C21H22N2O2. The maximum absolute atomic E-state index is 12.7. The second-order valence-electron chi connectivity index (χ2n) is 6.52. The molecule has 1 aliphatic rings. The van der Waals surface area contributed by atoms with Crippen LogP contribution >= 0.6 is 0 Å². The largest absolute Gasteiger partial charge is 0.376 e. The van der Waals surface area contributed by atoms with Crippen molar-refractivity contribution in [2.24, 2.45) is 0 Å². The summed E-state index contributed by atoms with van der Waals surface area (Å²) in [5.74, 6) is -0.0292. The first kappa shape index (κ1) is 15.9. The Morgan fingerprint density at radius 1 is 1.12 bits per heavy atom. The molecule has 4 nitrogen and oxygen atoms in total. The highest BCUT2D eigenvalue weighted by molar-refractivity contribution is 6.07. The van der Waals surface area contributed by atoms with Crippen molar-refractivity contribution in [1.29, 1.82) is 0 Å². The summed E-state index contributed by atoms with van der Waals surface area (Å²) in [6.07, 6.45) is 4.22. The SMILES string of the molecule is O=C(NC[C@@H]1CCCO1)c1cn(Cc2ccccc2)c2ccccc12. The van der Waals surface area contributed by atoms with Crippen molar-refractivity contribution in [3.05, 3.63) is 71.9 Å². The minimum atomic E-state index is -0.0292. The summed E-state index contributed by atoms with van der Waals surface area (Å²) >= 11 is 0. The third-order valence-electron chi connectivity index (χ3n) is 4.74. The fraction of sp³-hybridized carbons (Fsp3) is 0.286. The van der Waals surface area contributed by atoms with Gasteiger partial charge in [0.05, 0.1) is 11.7 Å². The lowest BCUT2D eigenvalue weighted by Crippen LogP contribution is -2.31. The van der Waals surface area contributed by atoms with Crippen LogP contribution in [-0.2, 0) is 11.3 Å². The molecule has 1 aromatic heterocycles. The van der Waals surface area contributed by atoms with Gasteiger partial charge in [0.25, 0.3) is 5.91 Å². The third kappa shape index (κ3) is 3.44. The summed E-state index contributed by atoms with van der Waals surface area (Å²) in [4.78, 5) is 12.7. The van der Waals surface area contributed by atoms with E-state index in [0.29, 0.717) is 6.54 Å². The molecule has 1 saturated heterocycles. The Labute approximate surface area is 147 Å². The third-order valence-corrected chi connectivity index (χ3v) is 4.74. The molecular weight excluding hydrogens is 312 g/mol. The van der Waals surface area contributed by atoms with Gasteiger partial charge in [-0.05, 0) is 24.5 Å². The van der Waals surface area contributed by atoms with E-state index in [1.165, 1.54) is 5.56 Å². The van der Waals surface area contributed by atoms with E-state index >= 15 is 0 Å². The maximum atomic E-state index is 12.7.